The maximum absolute atomic E-state index is 13.0. The van der Waals surface area contributed by atoms with E-state index in [0.29, 0.717) is 16.8 Å². The van der Waals surface area contributed by atoms with Crippen molar-refractivity contribution in [2.75, 3.05) is 10.6 Å². The number of aryl methyl sites for hydroxylation is 1. The molecule has 4 aromatic rings. The fourth-order valence-corrected chi connectivity index (χ4v) is 3.49. The third-order valence-corrected chi connectivity index (χ3v) is 5.29. The maximum atomic E-state index is 13.0. The Hall–Kier alpha value is -4.18. The summed E-state index contributed by atoms with van der Waals surface area (Å²) in [6.07, 6.45) is 0.726. The van der Waals surface area contributed by atoms with Crippen LogP contribution in [0.4, 0.5) is 11.4 Å². The van der Waals surface area contributed by atoms with E-state index in [1.807, 2.05) is 73.7 Å². The summed E-state index contributed by atoms with van der Waals surface area (Å²) in [6, 6.07) is 32.3. The molecule has 0 bridgehead atoms. The van der Waals surface area contributed by atoms with Gasteiger partial charge in [0.05, 0.1) is 0 Å². The van der Waals surface area contributed by atoms with Crippen LogP contribution >= 0.6 is 0 Å². The van der Waals surface area contributed by atoms with E-state index in [1.165, 1.54) is 5.56 Å². The molecule has 0 radical (unpaired) electrons. The highest BCUT2D eigenvalue weighted by atomic mass is 16.2. The van der Waals surface area contributed by atoms with Gasteiger partial charge in [0, 0.05) is 22.5 Å². The Balaban J connectivity index is 1.52. The number of amides is 2. The first-order valence-electron chi connectivity index (χ1n) is 10.5. The SMILES string of the molecule is Cc1ccc(C(=O)Nc2ccccc2Cc2ccccc2)cc1NC(=O)c1ccccc1. The second-order valence-electron chi connectivity index (χ2n) is 7.62. The van der Waals surface area contributed by atoms with Gasteiger partial charge in [-0.05, 0) is 60.4 Å². The number of nitrogens with one attached hydrogen (secondary N) is 2. The molecule has 0 heterocycles. The van der Waals surface area contributed by atoms with Crippen LogP contribution in [-0.2, 0) is 6.42 Å². The third-order valence-electron chi connectivity index (χ3n) is 5.29. The summed E-state index contributed by atoms with van der Waals surface area (Å²) in [5.74, 6) is -0.430. The van der Waals surface area contributed by atoms with E-state index in [-0.39, 0.29) is 11.8 Å². The molecule has 4 rings (SSSR count). The Morgan fingerprint density at radius 1 is 0.625 bits per heavy atom. The molecular formula is C28H24N2O2. The summed E-state index contributed by atoms with van der Waals surface area (Å²) in [5, 5.41) is 5.94. The second-order valence-corrected chi connectivity index (χ2v) is 7.62. The number of benzene rings is 4. The van der Waals surface area contributed by atoms with Crippen molar-refractivity contribution in [3.05, 3.63) is 131 Å². The summed E-state index contributed by atoms with van der Waals surface area (Å²) in [6.45, 7) is 1.90. The largest absolute Gasteiger partial charge is 0.322 e. The number of anilines is 2. The van der Waals surface area contributed by atoms with E-state index in [0.717, 1.165) is 23.2 Å². The van der Waals surface area contributed by atoms with Gasteiger partial charge in [0.25, 0.3) is 11.8 Å². The minimum Gasteiger partial charge on any atom is -0.322 e. The van der Waals surface area contributed by atoms with E-state index < -0.39 is 0 Å². The molecule has 4 aromatic carbocycles. The number of para-hydroxylation sites is 1. The van der Waals surface area contributed by atoms with E-state index >= 15 is 0 Å². The first-order chi connectivity index (χ1) is 15.6. The zero-order valence-electron chi connectivity index (χ0n) is 17.8. The average molecular weight is 421 g/mol. The van der Waals surface area contributed by atoms with Crippen molar-refractivity contribution in [1.82, 2.24) is 0 Å². The molecular weight excluding hydrogens is 396 g/mol. The fraction of sp³-hybridized carbons (Fsp3) is 0.0714. The minimum atomic E-state index is -0.222. The number of carbonyl (C=O) groups excluding carboxylic acids is 2. The zero-order valence-corrected chi connectivity index (χ0v) is 17.8. The predicted octanol–water partition coefficient (Wildman–Crippen LogP) is 6.09. The highest BCUT2D eigenvalue weighted by Crippen LogP contribution is 2.22. The lowest BCUT2D eigenvalue weighted by Crippen LogP contribution is -2.16. The third kappa shape index (κ3) is 5.10. The van der Waals surface area contributed by atoms with Crippen LogP contribution in [0.3, 0.4) is 0 Å². The summed E-state index contributed by atoms with van der Waals surface area (Å²) in [5.41, 5.74) is 5.54. The van der Waals surface area contributed by atoms with Crippen LogP contribution in [0.15, 0.2) is 103 Å². The monoisotopic (exact) mass is 420 g/mol. The van der Waals surface area contributed by atoms with Crippen LogP contribution in [0.25, 0.3) is 0 Å². The molecule has 0 unspecified atom stereocenters. The van der Waals surface area contributed by atoms with Gasteiger partial charge in [-0.3, -0.25) is 9.59 Å². The van der Waals surface area contributed by atoms with Gasteiger partial charge < -0.3 is 10.6 Å². The normalized spacial score (nSPS) is 10.4. The predicted molar refractivity (Wildman–Crippen MR) is 129 cm³/mol. The molecule has 2 amide bonds. The van der Waals surface area contributed by atoms with E-state index in [1.54, 1.807) is 24.3 Å². The lowest BCUT2D eigenvalue weighted by Gasteiger charge is -2.13. The van der Waals surface area contributed by atoms with Crippen molar-refractivity contribution in [2.45, 2.75) is 13.3 Å². The molecule has 0 fully saturated rings. The second kappa shape index (κ2) is 9.75. The summed E-state index contributed by atoms with van der Waals surface area (Å²) < 4.78 is 0. The number of carbonyl (C=O) groups is 2. The molecule has 4 nitrogen and oxygen atoms in total. The van der Waals surface area contributed by atoms with Crippen molar-refractivity contribution in [3.63, 3.8) is 0 Å². The van der Waals surface area contributed by atoms with Crippen molar-refractivity contribution in [1.29, 1.82) is 0 Å². The lowest BCUT2D eigenvalue weighted by atomic mass is 10.0. The molecule has 2 N–H and O–H groups in total. The first kappa shape index (κ1) is 21.1. The van der Waals surface area contributed by atoms with Crippen LogP contribution < -0.4 is 10.6 Å². The van der Waals surface area contributed by atoms with Crippen molar-refractivity contribution >= 4 is 23.2 Å². The molecule has 4 heteroatoms. The number of hydrogen-bond acceptors (Lipinski definition) is 2. The zero-order chi connectivity index (χ0) is 22.3. The minimum absolute atomic E-state index is 0.209. The number of hydrogen-bond donors (Lipinski definition) is 2. The summed E-state index contributed by atoms with van der Waals surface area (Å²) in [4.78, 5) is 25.6. The van der Waals surface area contributed by atoms with Gasteiger partial charge >= 0.3 is 0 Å². The summed E-state index contributed by atoms with van der Waals surface area (Å²) in [7, 11) is 0. The van der Waals surface area contributed by atoms with Gasteiger partial charge in [-0.15, -0.1) is 0 Å². The van der Waals surface area contributed by atoms with Crippen LogP contribution in [0.1, 0.15) is 37.4 Å². The van der Waals surface area contributed by atoms with Gasteiger partial charge in [0.15, 0.2) is 0 Å². The Morgan fingerprint density at radius 2 is 1.22 bits per heavy atom. The van der Waals surface area contributed by atoms with Crippen molar-refractivity contribution < 1.29 is 9.59 Å². The van der Waals surface area contributed by atoms with Crippen LogP contribution in [0.5, 0.6) is 0 Å². The first-order valence-corrected chi connectivity index (χ1v) is 10.5. The standard InChI is InChI=1S/C28H24N2O2/c1-20-16-17-24(19-26(20)30-27(31)22-12-6-3-7-13-22)28(32)29-25-15-9-8-14-23(25)18-21-10-4-2-5-11-21/h2-17,19H,18H2,1H3,(H,29,32)(H,30,31). The van der Waals surface area contributed by atoms with Crippen molar-refractivity contribution in [2.24, 2.45) is 0 Å². The summed E-state index contributed by atoms with van der Waals surface area (Å²) >= 11 is 0. The molecule has 0 aliphatic heterocycles. The molecule has 0 aliphatic carbocycles. The van der Waals surface area contributed by atoms with E-state index in [9.17, 15) is 9.59 Å². The Kier molecular flexibility index (Phi) is 6.42. The van der Waals surface area contributed by atoms with Gasteiger partial charge in [-0.25, -0.2) is 0 Å². The molecule has 158 valence electrons. The highest BCUT2D eigenvalue weighted by Gasteiger charge is 2.13. The van der Waals surface area contributed by atoms with Gasteiger partial charge in [0.2, 0.25) is 0 Å². The molecule has 0 atom stereocenters. The van der Waals surface area contributed by atoms with Gasteiger partial charge in [-0.1, -0.05) is 72.8 Å². The smallest absolute Gasteiger partial charge is 0.255 e. The molecule has 0 aromatic heterocycles. The Bertz CT molecular complexity index is 1230. The topological polar surface area (TPSA) is 58.2 Å². The average Bonchev–Trinajstić information content (AvgIpc) is 2.83. The Labute approximate surface area is 187 Å². The van der Waals surface area contributed by atoms with Crippen LogP contribution in [0, 0.1) is 6.92 Å². The highest BCUT2D eigenvalue weighted by molar-refractivity contribution is 6.08. The molecule has 0 saturated heterocycles. The van der Waals surface area contributed by atoms with E-state index in [4.69, 9.17) is 0 Å². The lowest BCUT2D eigenvalue weighted by molar-refractivity contribution is 0.101. The van der Waals surface area contributed by atoms with Gasteiger partial charge in [-0.2, -0.15) is 0 Å². The quantitative estimate of drug-likeness (QED) is 0.396. The number of rotatable bonds is 6. The molecule has 0 spiro atoms. The van der Waals surface area contributed by atoms with Crippen LogP contribution in [-0.4, -0.2) is 11.8 Å². The van der Waals surface area contributed by atoms with Crippen molar-refractivity contribution in [3.8, 4) is 0 Å². The Morgan fingerprint density at radius 3 is 1.97 bits per heavy atom. The van der Waals surface area contributed by atoms with Crippen LogP contribution in [0.2, 0.25) is 0 Å². The van der Waals surface area contributed by atoms with E-state index in [2.05, 4.69) is 22.8 Å². The van der Waals surface area contributed by atoms with Gasteiger partial charge in [0.1, 0.15) is 0 Å². The molecule has 0 aliphatic rings. The molecule has 0 saturated carbocycles. The fourth-order valence-electron chi connectivity index (χ4n) is 3.49. The maximum Gasteiger partial charge on any atom is 0.255 e. The molecule has 32 heavy (non-hydrogen) atoms.